The average molecular weight is 286 g/mol. The van der Waals surface area contributed by atoms with Crippen LogP contribution < -0.4 is 10.6 Å². The summed E-state index contributed by atoms with van der Waals surface area (Å²) in [4.78, 5) is 33.3. The van der Waals surface area contributed by atoms with Crippen molar-refractivity contribution in [3.8, 4) is 0 Å². The molecule has 1 rings (SSSR count). The summed E-state index contributed by atoms with van der Waals surface area (Å²) in [6.45, 7) is 1.94. The van der Waals surface area contributed by atoms with Crippen LogP contribution >= 0.6 is 0 Å². The quantitative estimate of drug-likeness (QED) is 0.588. The molecule has 1 fully saturated rings. The zero-order valence-corrected chi connectivity index (χ0v) is 11.6. The zero-order chi connectivity index (χ0) is 15.2. The predicted molar refractivity (Wildman–Crippen MR) is 71.5 cm³/mol. The molecular weight excluding hydrogens is 264 g/mol. The van der Waals surface area contributed by atoms with E-state index in [4.69, 9.17) is 10.2 Å². The number of carbonyl (C=O) groups excluding carboxylic acids is 1. The molecule has 0 aromatic heterocycles. The summed E-state index contributed by atoms with van der Waals surface area (Å²) in [6, 6.07) is -1.73. The van der Waals surface area contributed by atoms with Gasteiger partial charge in [0.25, 0.3) is 0 Å². The number of amides is 2. The minimum absolute atomic E-state index is 0.130. The van der Waals surface area contributed by atoms with E-state index in [-0.39, 0.29) is 18.4 Å². The zero-order valence-electron chi connectivity index (χ0n) is 11.6. The van der Waals surface area contributed by atoms with Gasteiger partial charge in [-0.1, -0.05) is 19.3 Å². The molecule has 7 heteroatoms. The Labute approximate surface area is 117 Å². The third-order valence-electron chi connectivity index (χ3n) is 3.62. The highest BCUT2D eigenvalue weighted by Crippen LogP contribution is 2.27. The molecule has 0 heterocycles. The first-order valence-electron chi connectivity index (χ1n) is 6.86. The summed E-state index contributed by atoms with van der Waals surface area (Å²) in [6.07, 6.45) is 4.54. The van der Waals surface area contributed by atoms with E-state index in [0.29, 0.717) is 0 Å². The van der Waals surface area contributed by atoms with Crippen LogP contribution in [-0.4, -0.2) is 39.8 Å². The molecule has 1 saturated carbocycles. The van der Waals surface area contributed by atoms with Gasteiger partial charge in [0, 0.05) is 12.0 Å². The van der Waals surface area contributed by atoms with Gasteiger partial charge in [-0.05, 0) is 26.2 Å². The first-order valence-corrected chi connectivity index (χ1v) is 6.86. The second-order valence-corrected chi connectivity index (χ2v) is 5.54. The number of hydrogen-bond acceptors (Lipinski definition) is 3. The second-order valence-electron chi connectivity index (χ2n) is 5.54. The summed E-state index contributed by atoms with van der Waals surface area (Å²) in [5.41, 5.74) is -0.307. The van der Waals surface area contributed by atoms with Gasteiger partial charge in [-0.3, -0.25) is 4.79 Å². The molecule has 1 aliphatic rings. The number of carboxylic acid groups (broad SMARTS) is 2. The summed E-state index contributed by atoms with van der Waals surface area (Å²) in [7, 11) is 0. The van der Waals surface area contributed by atoms with Crippen LogP contribution in [0.15, 0.2) is 0 Å². The van der Waals surface area contributed by atoms with Gasteiger partial charge in [-0.25, -0.2) is 9.59 Å². The third kappa shape index (κ3) is 5.46. The van der Waals surface area contributed by atoms with Crippen LogP contribution in [0, 0.1) is 0 Å². The van der Waals surface area contributed by atoms with Crippen molar-refractivity contribution in [2.45, 2.75) is 63.5 Å². The molecule has 2 amide bonds. The molecule has 114 valence electrons. The van der Waals surface area contributed by atoms with Crippen LogP contribution in [0.4, 0.5) is 4.79 Å². The number of urea groups is 1. The Morgan fingerprint density at radius 3 is 2.25 bits per heavy atom. The maximum absolute atomic E-state index is 11.8. The highest BCUT2D eigenvalue weighted by Gasteiger charge is 2.30. The third-order valence-corrected chi connectivity index (χ3v) is 3.62. The van der Waals surface area contributed by atoms with Gasteiger partial charge in [0.15, 0.2) is 0 Å². The molecule has 0 aliphatic heterocycles. The molecule has 0 aromatic rings. The molecule has 0 bridgehead atoms. The maximum atomic E-state index is 11.8. The standard InChI is InChI=1S/C13H22N2O5/c1-13(7-3-2-4-8-13)15-12(20)14-9(11(18)19)5-6-10(16)17/h9H,2-8H2,1H3,(H,16,17)(H,18,19)(H2,14,15,20)/t9-/m0/s1. The van der Waals surface area contributed by atoms with Gasteiger partial charge in [-0.2, -0.15) is 0 Å². The van der Waals surface area contributed by atoms with Gasteiger partial charge < -0.3 is 20.8 Å². The van der Waals surface area contributed by atoms with Crippen molar-refractivity contribution in [3.05, 3.63) is 0 Å². The second kappa shape index (κ2) is 7.12. The predicted octanol–water partition coefficient (Wildman–Crippen LogP) is 1.33. The Balaban J connectivity index is 2.48. The molecule has 0 aromatic carbocycles. The number of hydrogen-bond donors (Lipinski definition) is 4. The van der Waals surface area contributed by atoms with Crippen LogP contribution in [-0.2, 0) is 9.59 Å². The van der Waals surface area contributed by atoms with E-state index < -0.39 is 24.0 Å². The van der Waals surface area contributed by atoms with Gasteiger partial charge in [0.05, 0.1) is 0 Å². The summed E-state index contributed by atoms with van der Waals surface area (Å²) < 4.78 is 0. The fraction of sp³-hybridized carbons (Fsp3) is 0.769. The number of nitrogens with one attached hydrogen (secondary N) is 2. The first-order chi connectivity index (χ1) is 9.32. The van der Waals surface area contributed by atoms with Gasteiger partial charge in [-0.15, -0.1) is 0 Å². The number of aliphatic carboxylic acids is 2. The Bertz CT molecular complexity index is 377. The maximum Gasteiger partial charge on any atom is 0.326 e. The fourth-order valence-electron chi connectivity index (χ4n) is 2.45. The lowest BCUT2D eigenvalue weighted by Gasteiger charge is -2.34. The SMILES string of the molecule is CC1(NC(=O)N[C@@H](CCC(=O)O)C(=O)O)CCCCC1. The minimum Gasteiger partial charge on any atom is -0.481 e. The summed E-state index contributed by atoms with van der Waals surface area (Å²) in [5.74, 6) is -2.31. The average Bonchev–Trinajstić information content (AvgIpc) is 2.34. The van der Waals surface area contributed by atoms with Crippen LogP contribution in [0.5, 0.6) is 0 Å². The number of rotatable bonds is 6. The fourth-order valence-corrected chi connectivity index (χ4v) is 2.45. The Hall–Kier alpha value is -1.79. The summed E-state index contributed by atoms with van der Waals surface area (Å²) >= 11 is 0. The normalized spacial score (nSPS) is 18.9. The van der Waals surface area contributed by atoms with E-state index in [2.05, 4.69) is 10.6 Å². The molecule has 0 radical (unpaired) electrons. The van der Waals surface area contributed by atoms with E-state index in [1.165, 1.54) is 0 Å². The molecule has 1 aliphatic carbocycles. The molecular formula is C13H22N2O5. The lowest BCUT2D eigenvalue weighted by atomic mass is 9.83. The van der Waals surface area contributed by atoms with Crippen molar-refractivity contribution >= 4 is 18.0 Å². The molecule has 4 N–H and O–H groups in total. The van der Waals surface area contributed by atoms with Crippen LogP contribution in [0.2, 0.25) is 0 Å². The van der Waals surface area contributed by atoms with Crippen molar-refractivity contribution in [1.29, 1.82) is 0 Å². The first kappa shape index (κ1) is 16.3. The Morgan fingerprint density at radius 1 is 1.15 bits per heavy atom. The van der Waals surface area contributed by atoms with Gasteiger partial charge in [0.2, 0.25) is 0 Å². The highest BCUT2D eigenvalue weighted by molar-refractivity contribution is 5.83. The van der Waals surface area contributed by atoms with Crippen molar-refractivity contribution in [1.82, 2.24) is 10.6 Å². The molecule has 20 heavy (non-hydrogen) atoms. The van der Waals surface area contributed by atoms with E-state index in [1.807, 2.05) is 6.92 Å². The Morgan fingerprint density at radius 2 is 1.75 bits per heavy atom. The van der Waals surface area contributed by atoms with Crippen molar-refractivity contribution in [2.24, 2.45) is 0 Å². The minimum atomic E-state index is -1.23. The van der Waals surface area contributed by atoms with Crippen molar-refractivity contribution in [2.75, 3.05) is 0 Å². The molecule has 0 saturated heterocycles. The molecule has 0 spiro atoms. The topological polar surface area (TPSA) is 116 Å². The van der Waals surface area contributed by atoms with Crippen molar-refractivity contribution in [3.63, 3.8) is 0 Å². The lowest BCUT2D eigenvalue weighted by molar-refractivity contribution is -0.140. The number of carboxylic acids is 2. The van der Waals surface area contributed by atoms with Gasteiger partial charge >= 0.3 is 18.0 Å². The molecule has 0 unspecified atom stereocenters. The lowest BCUT2D eigenvalue weighted by Crippen LogP contribution is -2.54. The highest BCUT2D eigenvalue weighted by atomic mass is 16.4. The number of carbonyl (C=O) groups is 3. The smallest absolute Gasteiger partial charge is 0.326 e. The van der Waals surface area contributed by atoms with Crippen LogP contribution in [0.3, 0.4) is 0 Å². The van der Waals surface area contributed by atoms with E-state index in [0.717, 1.165) is 32.1 Å². The van der Waals surface area contributed by atoms with Crippen LogP contribution in [0.1, 0.15) is 51.9 Å². The molecule has 1 atom stereocenters. The van der Waals surface area contributed by atoms with Crippen molar-refractivity contribution < 1.29 is 24.6 Å². The summed E-state index contributed by atoms with van der Waals surface area (Å²) in [5, 5.41) is 22.7. The van der Waals surface area contributed by atoms with Crippen LogP contribution in [0.25, 0.3) is 0 Å². The van der Waals surface area contributed by atoms with E-state index in [1.54, 1.807) is 0 Å². The van der Waals surface area contributed by atoms with E-state index >= 15 is 0 Å². The monoisotopic (exact) mass is 286 g/mol. The van der Waals surface area contributed by atoms with E-state index in [9.17, 15) is 14.4 Å². The largest absolute Gasteiger partial charge is 0.481 e. The Kier molecular flexibility index (Phi) is 5.79. The van der Waals surface area contributed by atoms with Gasteiger partial charge in [0.1, 0.15) is 6.04 Å². The molecule has 7 nitrogen and oxygen atoms in total.